The number of ether oxygens (including phenoxy) is 1. The van der Waals surface area contributed by atoms with Crippen molar-refractivity contribution < 1.29 is 4.74 Å². The maximum atomic E-state index is 5.16. The van der Waals surface area contributed by atoms with E-state index in [-0.39, 0.29) is 0 Å². The topological polar surface area (TPSA) is 21.3 Å². The zero-order chi connectivity index (χ0) is 10.4. The van der Waals surface area contributed by atoms with E-state index in [0.717, 1.165) is 22.5 Å². The van der Waals surface area contributed by atoms with Crippen LogP contribution in [0.1, 0.15) is 19.8 Å². The van der Waals surface area contributed by atoms with Crippen molar-refractivity contribution in [2.75, 3.05) is 19.0 Å². The molecule has 3 heteroatoms. The first kappa shape index (κ1) is 11.4. The highest BCUT2D eigenvalue weighted by molar-refractivity contribution is 9.10. The standard InChI is InChI=1S/C11H16BrNO/c1-3-4-7-13-11-8-9(14-2)5-6-10(11)12/h5-6,8,13H,3-4,7H2,1-2H3. The maximum absolute atomic E-state index is 5.16. The molecule has 0 aliphatic carbocycles. The molecule has 1 rings (SSSR count). The highest BCUT2D eigenvalue weighted by Crippen LogP contribution is 2.26. The summed E-state index contributed by atoms with van der Waals surface area (Å²) in [5.74, 6) is 0.882. The summed E-state index contributed by atoms with van der Waals surface area (Å²) < 4.78 is 6.23. The highest BCUT2D eigenvalue weighted by Gasteiger charge is 2.00. The van der Waals surface area contributed by atoms with Gasteiger partial charge < -0.3 is 10.1 Å². The Kier molecular flexibility index (Phi) is 4.80. The van der Waals surface area contributed by atoms with Gasteiger partial charge in [-0.2, -0.15) is 0 Å². The zero-order valence-corrected chi connectivity index (χ0v) is 10.2. The number of halogens is 1. The Morgan fingerprint density at radius 3 is 2.86 bits per heavy atom. The number of anilines is 1. The molecule has 0 aromatic heterocycles. The van der Waals surface area contributed by atoms with Crippen LogP contribution in [0, 0.1) is 0 Å². The second-order valence-corrected chi connectivity index (χ2v) is 3.98. The largest absolute Gasteiger partial charge is 0.497 e. The van der Waals surface area contributed by atoms with Crippen LogP contribution in [-0.2, 0) is 0 Å². The Labute approximate surface area is 93.8 Å². The third-order valence-electron chi connectivity index (χ3n) is 2.02. The normalized spacial score (nSPS) is 9.93. The first-order valence-electron chi connectivity index (χ1n) is 4.85. The number of hydrogen-bond donors (Lipinski definition) is 1. The van der Waals surface area contributed by atoms with Crippen molar-refractivity contribution in [1.29, 1.82) is 0 Å². The second-order valence-electron chi connectivity index (χ2n) is 3.13. The SMILES string of the molecule is CCCCNc1cc(OC)ccc1Br. The fourth-order valence-electron chi connectivity index (χ4n) is 1.17. The highest BCUT2D eigenvalue weighted by atomic mass is 79.9. The molecule has 1 N–H and O–H groups in total. The number of nitrogens with one attached hydrogen (secondary N) is 1. The van der Waals surface area contributed by atoms with Crippen molar-refractivity contribution in [1.82, 2.24) is 0 Å². The first-order chi connectivity index (χ1) is 6.77. The van der Waals surface area contributed by atoms with Crippen molar-refractivity contribution >= 4 is 21.6 Å². The van der Waals surface area contributed by atoms with Crippen LogP contribution in [0.2, 0.25) is 0 Å². The molecule has 0 radical (unpaired) electrons. The van der Waals surface area contributed by atoms with Crippen LogP contribution < -0.4 is 10.1 Å². The third kappa shape index (κ3) is 3.22. The minimum atomic E-state index is 0.882. The average molecular weight is 258 g/mol. The Hall–Kier alpha value is -0.700. The average Bonchev–Trinajstić information content (AvgIpc) is 2.21. The molecule has 0 unspecified atom stereocenters. The monoisotopic (exact) mass is 257 g/mol. The van der Waals surface area contributed by atoms with Gasteiger partial charge in [-0.15, -0.1) is 0 Å². The molecule has 0 saturated carbocycles. The Balaban J connectivity index is 2.64. The van der Waals surface area contributed by atoms with Gasteiger partial charge in [0.2, 0.25) is 0 Å². The lowest BCUT2D eigenvalue weighted by Gasteiger charge is -2.09. The molecule has 78 valence electrons. The predicted molar refractivity (Wildman–Crippen MR) is 64.1 cm³/mol. The molecule has 0 bridgehead atoms. The molecule has 0 atom stereocenters. The second kappa shape index (κ2) is 5.91. The number of rotatable bonds is 5. The lowest BCUT2D eigenvalue weighted by Crippen LogP contribution is -2.01. The maximum Gasteiger partial charge on any atom is 0.121 e. The minimum absolute atomic E-state index is 0.882. The van der Waals surface area contributed by atoms with Gasteiger partial charge >= 0.3 is 0 Å². The van der Waals surface area contributed by atoms with Crippen LogP contribution in [0.5, 0.6) is 5.75 Å². The third-order valence-corrected chi connectivity index (χ3v) is 2.71. The summed E-state index contributed by atoms with van der Waals surface area (Å²) in [6.07, 6.45) is 2.39. The molecule has 0 saturated heterocycles. The predicted octanol–water partition coefficient (Wildman–Crippen LogP) is 3.67. The van der Waals surface area contributed by atoms with Gasteiger partial charge in [-0.3, -0.25) is 0 Å². The Morgan fingerprint density at radius 1 is 1.43 bits per heavy atom. The molecular formula is C11H16BrNO. The van der Waals surface area contributed by atoms with Crippen LogP contribution in [0.25, 0.3) is 0 Å². The van der Waals surface area contributed by atoms with Gasteiger partial charge in [0.25, 0.3) is 0 Å². The summed E-state index contributed by atoms with van der Waals surface area (Å²) >= 11 is 3.49. The van der Waals surface area contributed by atoms with E-state index < -0.39 is 0 Å². The van der Waals surface area contributed by atoms with Crippen molar-refractivity contribution in [2.45, 2.75) is 19.8 Å². The summed E-state index contributed by atoms with van der Waals surface area (Å²) in [6.45, 7) is 3.19. The van der Waals surface area contributed by atoms with E-state index in [9.17, 15) is 0 Å². The van der Waals surface area contributed by atoms with E-state index in [2.05, 4.69) is 28.2 Å². The van der Waals surface area contributed by atoms with E-state index in [1.165, 1.54) is 12.8 Å². The van der Waals surface area contributed by atoms with Crippen molar-refractivity contribution in [2.24, 2.45) is 0 Å². The first-order valence-corrected chi connectivity index (χ1v) is 5.64. The van der Waals surface area contributed by atoms with Crippen LogP contribution in [0.4, 0.5) is 5.69 Å². The fraction of sp³-hybridized carbons (Fsp3) is 0.455. The van der Waals surface area contributed by atoms with Crippen LogP contribution in [0.3, 0.4) is 0 Å². The van der Waals surface area contributed by atoms with Gasteiger partial charge in [0, 0.05) is 17.1 Å². The van der Waals surface area contributed by atoms with Gasteiger partial charge in [-0.1, -0.05) is 13.3 Å². The molecular weight excluding hydrogens is 242 g/mol. The minimum Gasteiger partial charge on any atom is -0.497 e. The molecule has 0 heterocycles. The van der Waals surface area contributed by atoms with E-state index in [0.29, 0.717) is 0 Å². The summed E-state index contributed by atoms with van der Waals surface area (Å²) in [5, 5.41) is 3.36. The van der Waals surface area contributed by atoms with Crippen LogP contribution in [-0.4, -0.2) is 13.7 Å². The molecule has 14 heavy (non-hydrogen) atoms. The van der Waals surface area contributed by atoms with E-state index in [4.69, 9.17) is 4.74 Å². The molecule has 0 spiro atoms. The number of methoxy groups -OCH3 is 1. The molecule has 0 aliphatic heterocycles. The smallest absolute Gasteiger partial charge is 0.121 e. The van der Waals surface area contributed by atoms with Crippen LogP contribution >= 0.6 is 15.9 Å². The zero-order valence-electron chi connectivity index (χ0n) is 8.64. The van der Waals surface area contributed by atoms with Gasteiger partial charge in [-0.05, 0) is 34.5 Å². The quantitative estimate of drug-likeness (QED) is 0.813. The van der Waals surface area contributed by atoms with Gasteiger partial charge in [0.1, 0.15) is 5.75 Å². The summed E-state index contributed by atoms with van der Waals surface area (Å²) in [7, 11) is 1.68. The summed E-state index contributed by atoms with van der Waals surface area (Å²) in [4.78, 5) is 0. The molecule has 1 aromatic rings. The van der Waals surface area contributed by atoms with E-state index in [1.807, 2.05) is 18.2 Å². The number of benzene rings is 1. The van der Waals surface area contributed by atoms with E-state index in [1.54, 1.807) is 7.11 Å². The van der Waals surface area contributed by atoms with E-state index >= 15 is 0 Å². The molecule has 1 aromatic carbocycles. The molecule has 0 fully saturated rings. The summed E-state index contributed by atoms with van der Waals surface area (Å²) in [6, 6.07) is 5.93. The number of hydrogen-bond acceptors (Lipinski definition) is 2. The van der Waals surface area contributed by atoms with Crippen LogP contribution in [0.15, 0.2) is 22.7 Å². The van der Waals surface area contributed by atoms with Crippen molar-refractivity contribution in [3.63, 3.8) is 0 Å². The lowest BCUT2D eigenvalue weighted by molar-refractivity contribution is 0.415. The Bertz CT molecular complexity index is 289. The fourth-order valence-corrected chi connectivity index (χ4v) is 1.55. The summed E-state index contributed by atoms with van der Waals surface area (Å²) in [5.41, 5.74) is 1.10. The lowest BCUT2D eigenvalue weighted by atomic mass is 10.3. The molecule has 2 nitrogen and oxygen atoms in total. The van der Waals surface area contributed by atoms with Crippen molar-refractivity contribution in [3.8, 4) is 5.75 Å². The number of unbranched alkanes of at least 4 members (excludes halogenated alkanes) is 1. The van der Waals surface area contributed by atoms with Gasteiger partial charge in [0.05, 0.1) is 12.8 Å². The Morgan fingerprint density at radius 2 is 2.21 bits per heavy atom. The van der Waals surface area contributed by atoms with Gasteiger partial charge in [0.15, 0.2) is 0 Å². The molecule has 0 amide bonds. The molecule has 0 aliphatic rings. The van der Waals surface area contributed by atoms with Gasteiger partial charge in [-0.25, -0.2) is 0 Å². The van der Waals surface area contributed by atoms with Crippen molar-refractivity contribution in [3.05, 3.63) is 22.7 Å².